The molecule has 1 aliphatic rings. The number of fused-ring (bicyclic) bond motifs is 1. The van der Waals surface area contributed by atoms with Gasteiger partial charge in [-0.3, -0.25) is 32.5 Å². The summed E-state index contributed by atoms with van der Waals surface area (Å²) in [7, 11) is -16.4. The third-order valence-electron chi connectivity index (χ3n) is 7.76. The summed E-state index contributed by atoms with van der Waals surface area (Å²) in [6.07, 6.45) is -6.18. The molecule has 0 radical (unpaired) electrons. The fourth-order valence-electron chi connectivity index (χ4n) is 4.59. The summed E-state index contributed by atoms with van der Waals surface area (Å²) in [6, 6.07) is 0. The molecule has 3 heterocycles. The summed E-state index contributed by atoms with van der Waals surface area (Å²) >= 11 is 1.10. The molecule has 2 amide bonds. The van der Waals surface area contributed by atoms with Gasteiger partial charge in [0.1, 0.15) is 36.3 Å². The average Bonchev–Trinajstić information content (AvgIpc) is 3.64. The highest BCUT2D eigenvalue weighted by Crippen LogP contribution is 2.61. The number of thioether (sulfide) groups is 1. The molecule has 24 nitrogen and oxygen atoms in total. The van der Waals surface area contributed by atoms with Crippen LogP contribution in [0.15, 0.2) is 12.7 Å². The maximum atomic E-state index is 12.7. The van der Waals surface area contributed by atoms with Crippen LogP contribution in [-0.4, -0.2) is 123 Å². The number of imidazole rings is 1. The number of carbonyl (C=O) groups excluding carboxylic acids is 3. The largest absolute Gasteiger partial charge is 0.481 e. The van der Waals surface area contributed by atoms with Crippen LogP contribution in [0.4, 0.5) is 5.82 Å². The minimum absolute atomic E-state index is 0.0173. The molecule has 28 heteroatoms. The monoisotopic (exact) mass is 851 g/mol. The standard InChI is InChI=1S/C26H44N7O17P3S/c1-5-14(2)25(38)54-9-8-28-16(34)6-7-29-23(37)20(36)26(3,4)11-47-53(44,45)50-52(42,43)46-10-15-19(49-51(39,40)41)18(35)24(48-15)33-13-32-17-21(27)30-12-31-22(17)33/h12-15,18-20,24,35-36H,5-11H2,1-4H3,(H,28,34)(H,29,37)(H,42,43)(H,44,45)(H2,27,30,31)(H2,39,40,41)/t14?,15-,18?,19+,20+,24-/m1/s1. The zero-order valence-corrected chi connectivity index (χ0v) is 32.9. The van der Waals surface area contributed by atoms with E-state index in [1.165, 1.54) is 13.8 Å². The Morgan fingerprint density at radius 3 is 2.39 bits per heavy atom. The van der Waals surface area contributed by atoms with Gasteiger partial charge in [-0.05, 0) is 6.42 Å². The summed E-state index contributed by atoms with van der Waals surface area (Å²) < 4.78 is 62.0. The van der Waals surface area contributed by atoms with Gasteiger partial charge in [0.15, 0.2) is 22.8 Å². The van der Waals surface area contributed by atoms with Crippen molar-refractivity contribution >= 4 is 69.1 Å². The number of phosphoric acid groups is 3. The number of phosphoric ester groups is 3. The number of aliphatic hydroxyl groups excluding tert-OH is 2. The van der Waals surface area contributed by atoms with Crippen molar-refractivity contribution < 1.29 is 80.5 Å². The van der Waals surface area contributed by atoms with Crippen molar-refractivity contribution in [3.05, 3.63) is 12.7 Å². The second-order valence-corrected chi connectivity index (χ2v) is 17.9. The van der Waals surface area contributed by atoms with E-state index < -0.39 is 84.6 Å². The molecule has 1 saturated heterocycles. The molecule has 0 aliphatic carbocycles. The van der Waals surface area contributed by atoms with Gasteiger partial charge in [0.05, 0.1) is 19.5 Å². The van der Waals surface area contributed by atoms with Crippen molar-refractivity contribution in [2.24, 2.45) is 11.3 Å². The first kappa shape index (κ1) is 45.9. The smallest absolute Gasteiger partial charge is 0.386 e. The molecule has 306 valence electrons. The fraction of sp³-hybridized carbons (Fsp3) is 0.692. The number of aromatic nitrogens is 4. The van der Waals surface area contributed by atoms with Gasteiger partial charge in [0.25, 0.3) is 0 Å². The average molecular weight is 852 g/mol. The van der Waals surface area contributed by atoms with E-state index in [4.69, 9.17) is 19.5 Å². The van der Waals surface area contributed by atoms with Gasteiger partial charge in [-0.1, -0.05) is 39.5 Å². The highest BCUT2D eigenvalue weighted by molar-refractivity contribution is 8.13. The van der Waals surface area contributed by atoms with E-state index in [2.05, 4.69) is 34.4 Å². The van der Waals surface area contributed by atoms with E-state index in [1.54, 1.807) is 0 Å². The van der Waals surface area contributed by atoms with Crippen LogP contribution < -0.4 is 16.4 Å². The SMILES string of the molecule is CCC(C)C(=O)SCCNC(=O)CCNC(=O)[C@H](O)C(C)(C)COP(=O)(O)OP(=O)(O)OC[C@H]1O[C@@H](n2cnc3c(N)ncnc32)C(O)[C@H]1OP(=O)(O)O. The Morgan fingerprint density at radius 1 is 1.07 bits per heavy atom. The third kappa shape index (κ3) is 13.4. The lowest BCUT2D eigenvalue weighted by atomic mass is 9.87. The molecule has 1 aliphatic heterocycles. The number of anilines is 1. The molecule has 2 aromatic rings. The molecule has 4 unspecified atom stereocenters. The van der Waals surface area contributed by atoms with E-state index in [-0.39, 0.29) is 47.5 Å². The molecule has 54 heavy (non-hydrogen) atoms. The number of nitrogens with two attached hydrogens (primary N) is 1. The Kier molecular flexibility index (Phi) is 16.3. The highest BCUT2D eigenvalue weighted by atomic mass is 32.2. The predicted octanol–water partition coefficient (Wildman–Crippen LogP) is -0.289. The number of nitrogens with one attached hydrogen (secondary N) is 2. The number of nitrogen functional groups attached to an aromatic ring is 1. The van der Waals surface area contributed by atoms with Crippen molar-refractivity contribution in [3.63, 3.8) is 0 Å². The first-order valence-corrected chi connectivity index (χ1v) is 21.5. The first-order chi connectivity index (χ1) is 25.0. The molecule has 0 spiro atoms. The van der Waals surface area contributed by atoms with E-state index in [1.807, 2.05) is 13.8 Å². The Balaban J connectivity index is 1.51. The number of hydrogen-bond acceptors (Lipinski definition) is 18. The fourth-order valence-corrected chi connectivity index (χ4v) is 8.28. The van der Waals surface area contributed by atoms with E-state index in [0.29, 0.717) is 12.2 Å². The molecule has 0 aromatic carbocycles. The Labute approximate surface area is 312 Å². The Morgan fingerprint density at radius 2 is 1.74 bits per heavy atom. The van der Waals surface area contributed by atoms with Gasteiger partial charge in [-0.15, -0.1) is 0 Å². The second-order valence-electron chi connectivity index (χ2n) is 12.5. The van der Waals surface area contributed by atoms with Crippen LogP contribution >= 0.6 is 35.2 Å². The van der Waals surface area contributed by atoms with Crippen LogP contribution in [0.3, 0.4) is 0 Å². The van der Waals surface area contributed by atoms with Crippen molar-refractivity contribution in [3.8, 4) is 0 Å². The minimum atomic E-state index is -5.56. The lowest BCUT2D eigenvalue weighted by Crippen LogP contribution is -2.46. The zero-order chi connectivity index (χ0) is 40.6. The third-order valence-corrected chi connectivity index (χ3v) is 12.0. The molecular formula is C26H44N7O17P3S. The second kappa shape index (κ2) is 19.1. The van der Waals surface area contributed by atoms with E-state index >= 15 is 0 Å². The number of amides is 2. The molecular weight excluding hydrogens is 807 g/mol. The lowest BCUT2D eigenvalue weighted by Gasteiger charge is -2.30. The van der Waals surface area contributed by atoms with Crippen molar-refractivity contribution in [1.29, 1.82) is 0 Å². The number of rotatable bonds is 21. The Hall–Kier alpha value is -2.44. The van der Waals surface area contributed by atoms with Gasteiger partial charge in [-0.2, -0.15) is 4.31 Å². The molecule has 10 N–H and O–H groups in total. The number of hydrogen-bond donors (Lipinski definition) is 9. The predicted molar refractivity (Wildman–Crippen MR) is 187 cm³/mol. The van der Waals surface area contributed by atoms with E-state index in [9.17, 15) is 57.9 Å². The van der Waals surface area contributed by atoms with Gasteiger partial charge < -0.3 is 50.9 Å². The molecule has 8 atom stereocenters. The van der Waals surface area contributed by atoms with E-state index in [0.717, 1.165) is 29.0 Å². The summed E-state index contributed by atoms with van der Waals surface area (Å²) in [5.74, 6) is -1.16. The first-order valence-electron chi connectivity index (χ1n) is 16.0. The normalized spacial score (nSPS) is 22.6. The topological polar surface area (TPSA) is 364 Å². The molecule has 3 rings (SSSR count). The van der Waals surface area contributed by atoms with Crippen molar-refractivity contribution in [2.75, 3.05) is 37.8 Å². The van der Waals surface area contributed by atoms with Crippen LogP contribution in [0.2, 0.25) is 0 Å². The molecule has 0 saturated carbocycles. The van der Waals surface area contributed by atoms with Gasteiger partial charge in [-0.25, -0.2) is 28.6 Å². The maximum absolute atomic E-state index is 12.7. The number of ether oxygens (including phenoxy) is 1. The van der Waals surface area contributed by atoms with Crippen molar-refractivity contribution in [1.82, 2.24) is 30.2 Å². The Bertz CT molecular complexity index is 1780. The van der Waals surface area contributed by atoms with Crippen LogP contribution in [0, 0.1) is 11.3 Å². The molecule has 2 aromatic heterocycles. The minimum Gasteiger partial charge on any atom is -0.386 e. The number of aliphatic hydroxyl groups is 2. The van der Waals surface area contributed by atoms with Gasteiger partial charge >= 0.3 is 23.5 Å². The van der Waals surface area contributed by atoms with Gasteiger partial charge in [0, 0.05) is 36.6 Å². The summed E-state index contributed by atoms with van der Waals surface area (Å²) in [6.45, 7) is 4.23. The summed E-state index contributed by atoms with van der Waals surface area (Å²) in [5.41, 5.74) is 4.27. The van der Waals surface area contributed by atoms with Crippen LogP contribution in [0.25, 0.3) is 11.2 Å². The van der Waals surface area contributed by atoms with Crippen LogP contribution in [-0.2, 0) is 50.7 Å². The van der Waals surface area contributed by atoms with Crippen LogP contribution in [0.5, 0.6) is 0 Å². The number of nitrogens with zero attached hydrogens (tertiary/aromatic N) is 4. The maximum Gasteiger partial charge on any atom is 0.481 e. The molecule has 1 fully saturated rings. The quantitative estimate of drug-likeness (QED) is 0.0575. The summed E-state index contributed by atoms with van der Waals surface area (Å²) in [4.78, 5) is 87.3. The van der Waals surface area contributed by atoms with Crippen molar-refractivity contribution in [2.45, 2.75) is 71.2 Å². The zero-order valence-electron chi connectivity index (χ0n) is 29.4. The summed E-state index contributed by atoms with van der Waals surface area (Å²) in [5, 5.41) is 26.3. The number of carbonyl (C=O) groups is 3. The lowest BCUT2D eigenvalue weighted by molar-refractivity contribution is -0.137. The molecule has 0 bridgehead atoms. The highest BCUT2D eigenvalue weighted by Gasteiger charge is 2.50. The van der Waals surface area contributed by atoms with Crippen LogP contribution in [0.1, 0.15) is 46.8 Å². The van der Waals surface area contributed by atoms with Gasteiger partial charge in [0.2, 0.25) is 11.8 Å².